The minimum Gasteiger partial charge on any atom is -0.486 e. The summed E-state index contributed by atoms with van der Waals surface area (Å²) >= 11 is 0. The van der Waals surface area contributed by atoms with E-state index in [0.29, 0.717) is 43.4 Å². The van der Waals surface area contributed by atoms with Crippen LogP contribution in [0.25, 0.3) is 0 Å². The van der Waals surface area contributed by atoms with Gasteiger partial charge in [0.15, 0.2) is 11.5 Å². The summed E-state index contributed by atoms with van der Waals surface area (Å²) in [5, 5.41) is 9.09. The number of amides is 2. The summed E-state index contributed by atoms with van der Waals surface area (Å²) in [5.41, 5.74) is 2.98. The van der Waals surface area contributed by atoms with E-state index in [0.717, 1.165) is 0 Å². The van der Waals surface area contributed by atoms with Crippen LogP contribution in [-0.2, 0) is 22.6 Å². The van der Waals surface area contributed by atoms with Gasteiger partial charge in [0, 0.05) is 18.3 Å². The van der Waals surface area contributed by atoms with Crippen LogP contribution in [0.1, 0.15) is 25.0 Å². The zero-order valence-electron chi connectivity index (χ0n) is 17.6. The van der Waals surface area contributed by atoms with Crippen LogP contribution in [0, 0.1) is 5.92 Å². The highest BCUT2D eigenvalue weighted by Gasteiger charge is 2.30. The number of nitrogens with one attached hydrogen (secondary N) is 3. The molecule has 0 saturated carbocycles. The van der Waals surface area contributed by atoms with Crippen molar-refractivity contribution in [2.75, 3.05) is 18.5 Å². The van der Waals surface area contributed by atoms with E-state index in [-0.39, 0.29) is 36.2 Å². The molecule has 2 amide bonds. The molecule has 166 valence electrons. The van der Waals surface area contributed by atoms with Gasteiger partial charge < -0.3 is 25.4 Å². The first-order valence-electron chi connectivity index (χ1n) is 10.3. The second kappa shape index (κ2) is 10.0. The average Bonchev–Trinajstić information content (AvgIpc) is 2.76. The molecule has 0 radical (unpaired) electrons. The molecule has 2 aliphatic rings. The zero-order valence-corrected chi connectivity index (χ0v) is 18.5. The molecular formula is C23H28ClN3O4. The highest BCUT2D eigenvalue weighted by molar-refractivity contribution is 5.98. The van der Waals surface area contributed by atoms with E-state index in [2.05, 4.69) is 22.0 Å². The summed E-state index contributed by atoms with van der Waals surface area (Å²) < 4.78 is 11.1. The number of ether oxygens (including phenoxy) is 2. The van der Waals surface area contributed by atoms with E-state index in [4.69, 9.17) is 9.47 Å². The summed E-state index contributed by atoms with van der Waals surface area (Å²) in [6, 6.07) is 12.4. The van der Waals surface area contributed by atoms with Crippen LogP contribution < -0.4 is 25.4 Å². The molecule has 0 aromatic heterocycles. The molecule has 3 N–H and O–H groups in total. The monoisotopic (exact) mass is 445 g/mol. The van der Waals surface area contributed by atoms with Crippen LogP contribution in [0.15, 0.2) is 42.5 Å². The molecule has 2 aromatic rings. The molecule has 0 bridgehead atoms. The number of carbonyl (C=O) groups is 2. The summed E-state index contributed by atoms with van der Waals surface area (Å²) in [5.74, 6) is 0.777. The van der Waals surface area contributed by atoms with Crippen molar-refractivity contribution >= 4 is 29.9 Å². The number of fused-ring (bicyclic) bond motifs is 2. The van der Waals surface area contributed by atoms with Crippen LogP contribution >= 0.6 is 12.4 Å². The van der Waals surface area contributed by atoms with Gasteiger partial charge in [0.25, 0.3) is 0 Å². The first-order valence-corrected chi connectivity index (χ1v) is 10.3. The maximum atomic E-state index is 12.9. The standard InChI is InChI=1S/C23H27N3O4.ClH/c1-14(2)21(23(28)25-17-7-8-19-20(12-17)30-10-9-29-19)26-22(27)18-11-15-5-3-4-6-16(15)13-24-18;/h3-8,12,14,18,21,24H,9-11,13H2,1-2H3,(H,25,28)(H,26,27);1H/t18-,21-;/m0./s1. The van der Waals surface area contributed by atoms with Crippen molar-refractivity contribution in [3.63, 3.8) is 0 Å². The van der Waals surface area contributed by atoms with Crippen LogP contribution in [-0.4, -0.2) is 37.1 Å². The largest absolute Gasteiger partial charge is 0.486 e. The van der Waals surface area contributed by atoms with Crippen LogP contribution in [0.4, 0.5) is 5.69 Å². The lowest BCUT2D eigenvalue weighted by atomic mass is 9.94. The molecule has 31 heavy (non-hydrogen) atoms. The van der Waals surface area contributed by atoms with Gasteiger partial charge in [-0.2, -0.15) is 0 Å². The van der Waals surface area contributed by atoms with Gasteiger partial charge in [-0.1, -0.05) is 38.1 Å². The molecule has 2 aliphatic heterocycles. The van der Waals surface area contributed by atoms with Gasteiger partial charge in [0.2, 0.25) is 11.8 Å². The van der Waals surface area contributed by atoms with E-state index >= 15 is 0 Å². The maximum absolute atomic E-state index is 12.9. The van der Waals surface area contributed by atoms with E-state index in [1.807, 2.05) is 32.0 Å². The third-order valence-corrected chi connectivity index (χ3v) is 5.45. The summed E-state index contributed by atoms with van der Waals surface area (Å²) in [6.07, 6.45) is 0.608. The van der Waals surface area contributed by atoms with Crippen molar-refractivity contribution in [1.29, 1.82) is 0 Å². The number of rotatable bonds is 5. The molecular weight excluding hydrogens is 418 g/mol. The van der Waals surface area contributed by atoms with Crippen molar-refractivity contribution in [3.8, 4) is 11.5 Å². The lowest BCUT2D eigenvalue weighted by molar-refractivity contribution is -0.128. The first kappa shape index (κ1) is 22.9. The van der Waals surface area contributed by atoms with Crippen molar-refractivity contribution in [2.24, 2.45) is 5.92 Å². The number of benzene rings is 2. The second-order valence-corrected chi connectivity index (χ2v) is 7.98. The van der Waals surface area contributed by atoms with Crippen LogP contribution in [0.5, 0.6) is 11.5 Å². The molecule has 0 spiro atoms. The Hall–Kier alpha value is -2.77. The molecule has 7 nitrogen and oxygen atoms in total. The van der Waals surface area contributed by atoms with E-state index in [1.54, 1.807) is 18.2 Å². The van der Waals surface area contributed by atoms with Crippen molar-refractivity contribution < 1.29 is 19.1 Å². The Labute approximate surface area is 188 Å². The zero-order chi connectivity index (χ0) is 21.1. The lowest BCUT2D eigenvalue weighted by Gasteiger charge is -2.28. The Bertz CT molecular complexity index is 950. The molecule has 2 heterocycles. The highest BCUT2D eigenvalue weighted by Crippen LogP contribution is 2.32. The van der Waals surface area contributed by atoms with E-state index < -0.39 is 6.04 Å². The van der Waals surface area contributed by atoms with Crippen LogP contribution in [0.2, 0.25) is 0 Å². The minimum absolute atomic E-state index is 0. The molecule has 8 heteroatoms. The van der Waals surface area contributed by atoms with Gasteiger partial charge in [-0.25, -0.2) is 0 Å². The van der Waals surface area contributed by atoms with Gasteiger partial charge in [0.05, 0.1) is 6.04 Å². The molecule has 4 rings (SSSR count). The van der Waals surface area contributed by atoms with Gasteiger partial charge >= 0.3 is 0 Å². The Morgan fingerprint density at radius 1 is 1.03 bits per heavy atom. The third-order valence-electron chi connectivity index (χ3n) is 5.45. The van der Waals surface area contributed by atoms with Gasteiger partial charge in [-0.05, 0) is 35.6 Å². The molecule has 0 saturated heterocycles. The highest BCUT2D eigenvalue weighted by atomic mass is 35.5. The Kier molecular flexibility index (Phi) is 7.41. The van der Waals surface area contributed by atoms with Gasteiger partial charge in [0.1, 0.15) is 19.3 Å². The van der Waals surface area contributed by atoms with Crippen molar-refractivity contribution in [2.45, 2.75) is 38.9 Å². The minimum atomic E-state index is -0.648. The van der Waals surface area contributed by atoms with Crippen molar-refractivity contribution in [1.82, 2.24) is 10.6 Å². The van der Waals surface area contributed by atoms with E-state index in [1.165, 1.54) is 11.1 Å². The SMILES string of the molecule is CC(C)[C@H](NC(=O)[C@@H]1Cc2ccccc2CN1)C(=O)Nc1ccc2c(c1)OCCO2.Cl. The van der Waals surface area contributed by atoms with Crippen molar-refractivity contribution in [3.05, 3.63) is 53.6 Å². The number of hydrogen-bond acceptors (Lipinski definition) is 5. The predicted octanol–water partition coefficient (Wildman–Crippen LogP) is 2.67. The second-order valence-electron chi connectivity index (χ2n) is 7.98. The van der Waals surface area contributed by atoms with Crippen LogP contribution in [0.3, 0.4) is 0 Å². The smallest absolute Gasteiger partial charge is 0.247 e. The summed E-state index contributed by atoms with van der Waals surface area (Å²) in [4.78, 5) is 25.8. The molecule has 0 aliphatic carbocycles. The first-order chi connectivity index (χ1) is 14.5. The number of anilines is 1. The number of halogens is 1. The summed E-state index contributed by atoms with van der Waals surface area (Å²) in [7, 11) is 0. The fourth-order valence-corrected chi connectivity index (χ4v) is 3.77. The Morgan fingerprint density at radius 2 is 1.74 bits per heavy atom. The summed E-state index contributed by atoms with van der Waals surface area (Å²) in [6.45, 7) is 5.46. The van der Waals surface area contributed by atoms with Gasteiger partial charge in [-0.3, -0.25) is 9.59 Å². The third kappa shape index (κ3) is 5.29. The normalized spacial score (nSPS) is 17.7. The number of carbonyl (C=O) groups excluding carboxylic acids is 2. The topological polar surface area (TPSA) is 88.7 Å². The fraction of sp³-hybridized carbons (Fsp3) is 0.391. The molecule has 2 atom stereocenters. The lowest BCUT2D eigenvalue weighted by Crippen LogP contribution is -2.54. The number of hydrogen-bond donors (Lipinski definition) is 3. The molecule has 2 aromatic carbocycles. The maximum Gasteiger partial charge on any atom is 0.247 e. The van der Waals surface area contributed by atoms with E-state index in [9.17, 15) is 9.59 Å². The molecule has 0 fully saturated rings. The average molecular weight is 446 g/mol. The Balaban J connectivity index is 0.00000272. The predicted molar refractivity (Wildman–Crippen MR) is 121 cm³/mol. The van der Waals surface area contributed by atoms with Gasteiger partial charge in [-0.15, -0.1) is 12.4 Å². The molecule has 0 unspecified atom stereocenters. The fourth-order valence-electron chi connectivity index (χ4n) is 3.77. The quantitative estimate of drug-likeness (QED) is 0.658. The Morgan fingerprint density at radius 3 is 2.48 bits per heavy atom.